The first-order valence-corrected chi connectivity index (χ1v) is 7.64. The number of nitrogens with zero attached hydrogens (tertiary/aromatic N) is 5. The highest BCUT2D eigenvalue weighted by molar-refractivity contribution is 6.32. The van der Waals surface area contributed by atoms with Gasteiger partial charge in [0.2, 0.25) is 0 Å². The van der Waals surface area contributed by atoms with Crippen molar-refractivity contribution in [3.05, 3.63) is 53.1 Å². The second-order valence-corrected chi connectivity index (χ2v) is 5.33. The lowest BCUT2D eigenvalue weighted by Crippen LogP contribution is -2.04. The van der Waals surface area contributed by atoms with Crippen molar-refractivity contribution in [1.29, 1.82) is 0 Å². The standard InChI is InChI=1S/C15H12ClF2N5O3/c16-12-2-1-11(5-13(12)26-14(17)18)23-6-10(21-22-23)8-25-15-19-4-3-9(7-24)20-15/h1-6,14,24H,7-8H2. The third kappa shape index (κ3) is 4.41. The summed E-state index contributed by atoms with van der Waals surface area (Å²) in [7, 11) is 0. The van der Waals surface area contributed by atoms with Crippen LogP contribution in [-0.4, -0.2) is 36.7 Å². The number of hydrogen-bond acceptors (Lipinski definition) is 7. The Morgan fingerprint density at radius 1 is 1.23 bits per heavy atom. The number of benzene rings is 1. The molecule has 0 spiro atoms. The fourth-order valence-electron chi connectivity index (χ4n) is 1.98. The van der Waals surface area contributed by atoms with E-state index in [4.69, 9.17) is 21.4 Å². The number of aromatic nitrogens is 5. The normalized spacial score (nSPS) is 11.0. The Morgan fingerprint density at radius 3 is 2.85 bits per heavy atom. The van der Waals surface area contributed by atoms with Gasteiger partial charge in [0.25, 0.3) is 0 Å². The fourth-order valence-corrected chi connectivity index (χ4v) is 2.15. The van der Waals surface area contributed by atoms with Gasteiger partial charge in [0, 0.05) is 12.3 Å². The van der Waals surface area contributed by atoms with Crippen LogP contribution in [0, 0.1) is 0 Å². The Bertz CT molecular complexity index is 893. The Kier molecular flexibility index (Phi) is 5.54. The highest BCUT2D eigenvalue weighted by Gasteiger charge is 2.12. The van der Waals surface area contributed by atoms with Crippen molar-refractivity contribution in [3.8, 4) is 17.4 Å². The average molecular weight is 384 g/mol. The van der Waals surface area contributed by atoms with E-state index in [1.165, 1.54) is 23.0 Å². The monoisotopic (exact) mass is 383 g/mol. The summed E-state index contributed by atoms with van der Waals surface area (Å²) in [5.74, 6) is -0.165. The second-order valence-electron chi connectivity index (χ2n) is 4.93. The molecule has 0 unspecified atom stereocenters. The first-order chi connectivity index (χ1) is 12.5. The number of rotatable bonds is 7. The smallest absolute Gasteiger partial charge is 0.387 e. The summed E-state index contributed by atoms with van der Waals surface area (Å²) in [5.41, 5.74) is 1.31. The molecule has 0 aliphatic rings. The van der Waals surface area contributed by atoms with Crippen molar-refractivity contribution in [2.24, 2.45) is 0 Å². The van der Waals surface area contributed by atoms with E-state index in [1.807, 2.05) is 0 Å². The number of hydrogen-bond donors (Lipinski definition) is 1. The lowest BCUT2D eigenvalue weighted by molar-refractivity contribution is -0.0497. The summed E-state index contributed by atoms with van der Waals surface area (Å²) < 4.78 is 35.9. The van der Waals surface area contributed by atoms with E-state index in [-0.39, 0.29) is 30.0 Å². The van der Waals surface area contributed by atoms with Gasteiger partial charge in [-0.05, 0) is 18.2 Å². The molecular formula is C15H12ClF2N5O3. The average Bonchev–Trinajstić information content (AvgIpc) is 3.10. The summed E-state index contributed by atoms with van der Waals surface area (Å²) in [4.78, 5) is 7.89. The molecule has 0 fully saturated rings. The molecule has 0 aliphatic carbocycles. The zero-order valence-corrected chi connectivity index (χ0v) is 13.8. The quantitative estimate of drug-likeness (QED) is 0.669. The van der Waals surface area contributed by atoms with Gasteiger partial charge in [-0.2, -0.15) is 13.8 Å². The molecule has 3 aromatic rings. The SMILES string of the molecule is OCc1ccnc(OCc2cn(-c3ccc(Cl)c(OC(F)F)c3)nn2)n1. The third-order valence-corrected chi connectivity index (χ3v) is 3.45. The number of halogens is 3. The molecule has 1 aromatic carbocycles. The van der Waals surface area contributed by atoms with E-state index in [0.717, 1.165) is 0 Å². The molecule has 26 heavy (non-hydrogen) atoms. The van der Waals surface area contributed by atoms with Gasteiger partial charge in [0.15, 0.2) is 0 Å². The summed E-state index contributed by atoms with van der Waals surface area (Å²) in [6.07, 6.45) is 3.01. The molecule has 8 nitrogen and oxygen atoms in total. The Morgan fingerprint density at radius 2 is 2.08 bits per heavy atom. The van der Waals surface area contributed by atoms with Crippen LogP contribution in [0.2, 0.25) is 5.02 Å². The van der Waals surface area contributed by atoms with Gasteiger partial charge in [0.1, 0.15) is 18.1 Å². The molecule has 11 heteroatoms. The summed E-state index contributed by atoms with van der Waals surface area (Å²) in [6, 6.07) is 5.96. The molecule has 136 valence electrons. The fraction of sp³-hybridized carbons (Fsp3) is 0.200. The molecular weight excluding hydrogens is 372 g/mol. The molecule has 0 amide bonds. The summed E-state index contributed by atoms with van der Waals surface area (Å²) in [6.45, 7) is -3.19. The highest BCUT2D eigenvalue weighted by Crippen LogP contribution is 2.28. The number of alkyl halides is 2. The van der Waals surface area contributed by atoms with Crippen LogP contribution in [0.25, 0.3) is 5.69 Å². The zero-order chi connectivity index (χ0) is 18.5. The topological polar surface area (TPSA) is 95.2 Å². The van der Waals surface area contributed by atoms with Gasteiger partial charge in [-0.1, -0.05) is 16.8 Å². The molecule has 1 N–H and O–H groups in total. The van der Waals surface area contributed by atoms with Crippen LogP contribution in [0.15, 0.2) is 36.7 Å². The van der Waals surface area contributed by atoms with Crippen LogP contribution in [0.5, 0.6) is 11.8 Å². The van der Waals surface area contributed by atoms with E-state index in [2.05, 4.69) is 25.0 Å². The lowest BCUT2D eigenvalue weighted by Gasteiger charge is -2.08. The maximum atomic E-state index is 12.4. The zero-order valence-electron chi connectivity index (χ0n) is 13.1. The van der Waals surface area contributed by atoms with Gasteiger partial charge in [-0.3, -0.25) is 0 Å². The van der Waals surface area contributed by atoms with Crippen LogP contribution in [0.3, 0.4) is 0 Å². The van der Waals surface area contributed by atoms with Crippen molar-refractivity contribution in [2.75, 3.05) is 0 Å². The van der Waals surface area contributed by atoms with Gasteiger partial charge >= 0.3 is 12.6 Å². The first kappa shape index (κ1) is 18.0. The van der Waals surface area contributed by atoms with E-state index < -0.39 is 6.61 Å². The van der Waals surface area contributed by atoms with Crippen molar-refractivity contribution in [3.63, 3.8) is 0 Å². The number of aliphatic hydroxyl groups excluding tert-OH is 1. The summed E-state index contributed by atoms with van der Waals surface area (Å²) >= 11 is 5.82. The van der Waals surface area contributed by atoms with Gasteiger partial charge < -0.3 is 14.6 Å². The minimum absolute atomic E-state index is 0.0306. The van der Waals surface area contributed by atoms with Crippen molar-refractivity contribution in [1.82, 2.24) is 25.0 Å². The molecule has 0 radical (unpaired) electrons. The predicted octanol–water partition coefficient (Wildman–Crippen LogP) is 2.38. The van der Waals surface area contributed by atoms with Gasteiger partial charge in [-0.15, -0.1) is 5.10 Å². The van der Waals surface area contributed by atoms with Gasteiger partial charge in [0.05, 0.1) is 29.2 Å². The lowest BCUT2D eigenvalue weighted by atomic mass is 10.3. The molecule has 0 saturated carbocycles. The van der Waals surface area contributed by atoms with Gasteiger partial charge in [-0.25, -0.2) is 9.67 Å². The summed E-state index contributed by atoms with van der Waals surface area (Å²) in [5, 5.41) is 16.9. The third-order valence-electron chi connectivity index (χ3n) is 3.14. The Balaban J connectivity index is 1.71. The first-order valence-electron chi connectivity index (χ1n) is 7.26. The molecule has 0 bridgehead atoms. The van der Waals surface area contributed by atoms with Crippen LogP contribution >= 0.6 is 11.6 Å². The van der Waals surface area contributed by atoms with Crippen LogP contribution in [0.1, 0.15) is 11.4 Å². The van der Waals surface area contributed by atoms with Crippen molar-refractivity contribution in [2.45, 2.75) is 19.8 Å². The molecule has 3 rings (SSSR count). The maximum Gasteiger partial charge on any atom is 0.387 e. The van der Waals surface area contributed by atoms with E-state index in [1.54, 1.807) is 18.3 Å². The molecule has 0 atom stereocenters. The van der Waals surface area contributed by atoms with Crippen molar-refractivity contribution >= 4 is 11.6 Å². The minimum Gasteiger partial charge on any atom is -0.457 e. The van der Waals surface area contributed by atoms with Crippen molar-refractivity contribution < 1.29 is 23.4 Å². The maximum absolute atomic E-state index is 12.4. The predicted molar refractivity (Wildman–Crippen MR) is 85.3 cm³/mol. The largest absolute Gasteiger partial charge is 0.457 e. The van der Waals surface area contributed by atoms with E-state index >= 15 is 0 Å². The van der Waals surface area contributed by atoms with E-state index in [0.29, 0.717) is 17.1 Å². The van der Waals surface area contributed by atoms with Crippen LogP contribution < -0.4 is 9.47 Å². The number of ether oxygens (including phenoxy) is 2. The number of aliphatic hydroxyl groups is 1. The Labute approximate surface area is 151 Å². The van der Waals surface area contributed by atoms with E-state index in [9.17, 15) is 8.78 Å². The minimum atomic E-state index is -2.99. The van der Waals surface area contributed by atoms with Crippen LogP contribution in [-0.2, 0) is 13.2 Å². The molecule has 2 heterocycles. The molecule has 0 aliphatic heterocycles. The highest BCUT2D eigenvalue weighted by atomic mass is 35.5. The molecule has 2 aromatic heterocycles. The molecule has 0 saturated heterocycles. The second kappa shape index (κ2) is 8.02. The van der Waals surface area contributed by atoms with Crippen LogP contribution in [0.4, 0.5) is 8.78 Å². The Hall–Kier alpha value is -2.85.